The number of carbonyl (C=O) groups excluding carboxylic acids is 2. The van der Waals surface area contributed by atoms with Crippen molar-refractivity contribution in [1.82, 2.24) is 15.2 Å². The smallest absolute Gasteiger partial charge is 0.352 e. The Bertz CT molecular complexity index is 852. The molecule has 3 heterocycles. The average Bonchev–Trinajstić information content (AvgIpc) is 3.10. The number of nitrogens with one attached hydrogen (secondary N) is 1. The number of carboxylic acids is 1. The predicted octanol–water partition coefficient (Wildman–Crippen LogP) is 0.615. The Morgan fingerprint density at radius 2 is 2.32 bits per heavy atom. The number of aromatic nitrogens is 1. The van der Waals surface area contributed by atoms with E-state index in [1.54, 1.807) is 5.38 Å². The van der Waals surface area contributed by atoms with E-state index in [1.807, 2.05) is 6.92 Å². The summed E-state index contributed by atoms with van der Waals surface area (Å²) in [6.45, 7) is 2.34. The molecule has 0 spiro atoms. The molecule has 150 valence electrons. The van der Waals surface area contributed by atoms with Crippen molar-refractivity contribution >= 4 is 51.7 Å². The molecule has 2 atom stereocenters. The predicted molar refractivity (Wildman–Crippen MR) is 105 cm³/mol. The van der Waals surface area contributed by atoms with E-state index in [1.165, 1.54) is 22.7 Å². The first-order chi connectivity index (χ1) is 13.4. The largest absolute Gasteiger partial charge is 0.477 e. The molecule has 1 unspecified atom stereocenters. The maximum absolute atomic E-state index is 12.7. The van der Waals surface area contributed by atoms with Crippen molar-refractivity contribution in [2.24, 2.45) is 5.16 Å². The maximum Gasteiger partial charge on any atom is 0.352 e. The number of fused-ring (bicyclic) bond motifs is 1. The van der Waals surface area contributed by atoms with Gasteiger partial charge in [0.2, 0.25) is 0 Å². The number of hydrogen-bond donors (Lipinski definition) is 3. The summed E-state index contributed by atoms with van der Waals surface area (Å²) in [5, 5.41) is 17.1. The number of hydrogen-bond acceptors (Lipinski definition) is 9. The van der Waals surface area contributed by atoms with Gasteiger partial charge in [0, 0.05) is 11.1 Å². The lowest BCUT2D eigenvalue weighted by Crippen LogP contribution is -2.70. The Hall–Kier alpha value is -2.60. The molecule has 2 amide bonds. The third-order valence-corrected chi connectivity index (χ3v) is 5.93. The zero-order valence-electron chi connectivity index (χ0n) is 15.0. The van der Waals surface area contributed by atoms with Crippen LogP contribution in [0.2, 0.25) is 0 Å². The number of carbonyl (C=O) groups is 3. The maximum atomic E-state index is 12.7. The molecule has 2 aliphatic rings. The third-order valence-electron chi connectivity index (χ3n) is 4.08. The van der Waals surface area contributed by atoms with Crippen LogP contribution in [0, 0.1) is 0 Å². The number of carboxylic acid groups (broad SMARTS) is 1. The summed E-state index contributed by atoms with van der Waals surface area (Å²) in [4.78, 5) is 46.8. The van der Waals surface area contributed by atoms with Crippen LogP contribution in [-0.4, -0.2) is 62.3 Å². The standard InChI is InChI=1S/C16H19N5O5S2/c1-2-3-5-26-20-10(8-7-28-16(17)18-8)12(22)19-11-13(23)21-9(15(24)25)4-6-27-14(11)21/h4,7,11,14H,2-3,5-6H2,1H3,(H2,17,18)(H,19,22)(H,24,25)/b20-10-/t11?,14-/m1/s1. The summed E-state index contributed by atoms with van der Waals surface area (Å²) in [6.07, 6.45) is 3.16. The number of thiazole rings is 1. The quantitative estimate of drug-likeness (QED) is 0.238. The highest BCUT2D eigenvalue weighted by Gasteiger charge is 2.53. The number of rotatable bonds is 8. The molecular formula is C16H19N5O5S2. The van der Waals surface area contributed by atoms with Crippen molar-refractivity contribution in [3.63, 3.8) is 0 Å². The van der Waals surface area contributed by atoms with Crippen molar-refractivity contribution in [2.75, 3.05) is 18.1 Å². The van der Waals surface area contributed by atoms with Crippen molar-refractivity contribution in [3.8, 4) is 0 Å². The van der Waals surface area contributed by atoms with Crippen molar-refractivity contribution < 1.29 is 24.3 Å². The molecule has 1 saturated heterocycles. The highest BCUT2D eigenvalue weighted by Crippen LogP contribution is 2.37. The fraction of sp³-hybridized carbons (Fsp3) is 0.438. The van der Waals surface area contributed by atoms with Crippen molar-refractivity contribution in [3.05, 3.63) is 22.8 Å². The molecule has 0 saturated carbocycles. The van der Waals surface area contributed by atoms with Gasteiger partial charge in [0.1, 0.15) is 29.4 Å². The average molecular weight is 425 g/mol. The van der Waals surface area contributed by atoms with Crippen molar-refractivity contribution in [1.29, 1.82) is 0 Å². The van der Waals surface area contributed by atoms with Gasteiger partial charge < -0.3 is 21.0 Å². The van der Waals surface area contributed by atoms with Crippen LogP contribution >= 0.6 is 23.1 Å². The van der Waals surface area contributed by atoms with Crippen LogP contribution in [0.25, 0.3) is 0 Å². The molecule has 0 aliphatic carbocycles. The Balaban J connectivity index is 1.73. The van der Waals surface area contributed by atoms with E-state index < -0.39 is 29.2 Å². The highest BCUT2D eigenvalue weighted by molar-refractivity contribution is 8.00. The van der Waals surface area contributed by atoms with Gasteiger partial charge in [0.15, 0.2) is 10.8 Å². The Labute approximate surface area is 168 Å². The molecule has 12 heteroatoms. The SMILES string of the molecule is CCCCO/N=C(\C(=O)NC1C(=O)N2C(C(=O)O)=CCS[C@H]12)c1csc(N)n1. The summed E-state index contributed by atoms with van der Waals surface area (Å²) in [6, 6.07) is -0.850. The molecule has 0 radical (unpaired) electrons. The molecular weight excluding hydrogens is 406 g/mol. The van der Waals surface area contributed by atoms with Gasteiger partial charge in [-0.15, -0.1) is 23.1 Å². The van der Waals surface area contributed by atoms with Gasteiger partial charge in [-0.05, 0) is 12.5 Å². The Morgan fingerprint density at radius 1 is 1.54 bits per heavy atom. The number of β-lactam (4-membered cyclic amide) rings is 1. The fourth-order valence-corrected chi connectivity index (χ4v) is 4.41. The number of nitrogens with zero attached hydrogens (tertiary/aromatic N) is 3. The van der Waals surface area contributed by atoms with Gasteiger partial charge in [-0.2, -0.15) is 0 Å². The van der Waals surface area contributed by atoms with E-state index in [0.717, 1.165) is 24.2 Å². The van der Waals surface area contributed by atoms with Crippen LogP contribution in [-0.2, 0) is 19.2 Å². The number of aliphatic carboxylic acids is 1. The van der Waals surface area contributed by atoms with Gasteiger partial charge in [-0.25, -0.2) is 9.78 Å². The van der Waals surface area contributed by atoms with E-state index in [0.29, 0.717) is 12.4 Å². The van der Waals surface area contributed by atoms with E-state index >= 15 is 0 Å². The molecule has 10 nitrogen and oxygen atoms in total. The summed E-state index contributed by atoms with van der Waals surface area (Å²) in [5.74, 6) is -1.85. The summed E-state index contributed by atoms with van der Waals surface area (Å²) in [5.41, 5.74) is 5.75. The van der Waals surface area contributed by atoms with Gasteiger partial charge in [0.05, 0.1) is 0 Å². The Kier molecular flexibility index (Phi) is 6.19. The number of amides is 2. The zero-order chi connectivity index (χ0) is 20.3. The summed E-state index contributed by atoms with van der Waals surface area (Å²) < 4.78 is 0. The molecule has 4 N–H and O–H groups in total. The third kappa shape index (κ3) is 3.97. The van der Waals surface area contributed by atoms with Crippen LogP contribution in [0.1, 0.15) is 25.5 Å². The number of unbranched alkanes of at least 4 members (excludes halogenated alkanes) is 1. The summed E-state index contributed by atoms with van der Waals surface area (Å²) in [7, 11) is 0. The van der Waals surface area contributed by atoms with Crippen LogP contribution in [0.5, 0.6) is 0 Å². The fourth-order valence-electron chi connectivity index (χ4n) is 2.67. The summed E-state index contributed by atoms with van der Waals surface area (Å²) >= 11 is 2.52. The van der Waals surface area contributed by atoms with E-state index in [9.17, 15) is 19.5 Å². The number of thioether (sulfide) groups is 1. The molecule has 0 bridgehead atoms. The van der Waals surface area contributed by atoms with Gasteiger partial charge in [0.25, 0.3) is 11.8 Å². The molecule has 3 rings (SSSR count). The second-order valence-electron chi connectivity index (χ2n) is 5.98. The van der Waals surface area contributed by atoms with E-state index in [4.69, 9.17) is 10.6 Å². The van der Waals surface area contributed by atoms with Gasteiger partial charge in [-0.3, -0.25) is 14.5 Å². The monoisotopic (exact) mass is 425 g/mol. The van der Waals surface area contributed by atoms with Crippen LogP contribution < -0.4 is 11.1 Å². The lowest BCUT2D eigenvalue weighted by Gasteiger charge is -2.48. The normalized spacial score (nSPS) is 21.5. The molecule has 0 aromatic carbocycles. The first-order valence-electron chi connectivity index (χ1n) is 8.54. The highest BCUT2D eigenvalue weighted by atomic mass is 32.2. The number of nitrogen functional groups attached to an aromatic ring is 1. The first-order valence-corrected chi connectivity index (χ1v) is 10.5. The number of nitrogens with two attached hydrogens (primary N) is 1. The van der Waals surface area contributed by atoms with E-state index in [2.05, 4.69) is 15.5 Å². The molecule has 1 aromatic heterocycles. The zero-order valence-corrected chi connectivity index (χ0v) is 16.6. The minimum absolute atomic E-state index is 0.0664. The van der Waals surface area contributed by atoms with Crippen LogP contribution in [0.4, 0.5) is 5.13 Å². The number of anilines is 1. The second-order valence-corrected chi connectivity index (χ2v) is 8.01. The Morgan fingerprint density at radius 3 is 2.96 bits per heavy atom. The number of oxime groups is 1. The molecule has 2 aliphatic heterocycles. The lowest BCUT2D eigenvalue weighted by molar-refractivity contribution is -0.150. The molecule has 28 heavy (non-hydrogen) atoms. The molecule has 1 aromatic rings. The van der Waals surface area contributed by atoms with Crippen LogP contribution in [0.3, 0.4) is 0 Å². The lowest BCUT2D eigenvalue weighted by atomic mass is 10.0. The minimum atomic E-state index is -1.17. The van der Waals surface area contributed by atoms with Gasteiger partial charge >= 0.3 is 5.97 Å². The van der Waals surface area contributed by atoms with Crippen LogP contribution in [0.15, 0.2) is 22.3 Å². The second kappa shape index (κ2) is 8.61. The van der Waals surface area contributed by atoms with Gasteiger partial charge in [-0.1, -0.05) is 18.5 Å². The first kappa shape index (κ1) is 20.1. The minimum Gasteiger partial charge on any atom is -0.477 e. The van der Waals surface area contributed by atoms with E-state index in [-0.39, 0.29) is 22.2 Å². The van der Waals surface area contributed by atoms with Crippen molar-refractivity contribution in [2.45, 2.75) is 31.2 Å². The topological polar surface area (TPSA) is 147 Å². The molecule has 1 fully saturated rings.